The van der Waals surface area contributed by atoms with Gasteiger partial charge in [0.05, 0.1) is 4.90 Å². The van der Waals surface area contributed by atoms with Crippen molar-refractivity contribution in [3.05, 3.63) is 96.1 Å². The fourth-order valence-corrected chi connectivity index (χ4v) is 6.68. The van der Waals surface area contributed by atoms with Crippen LogP contribution < -0.4 is 20.3 Å². The van der Waals surface area contributed by atoms with Crippen molar-refractivity contribution in [1.29, 1.82) is 0 Å². The van der Waals surface area contributed by atoms with Gasteiger partial charge in [0.15, 0.2) is 5.96 Å². The fourth-order valence-electron chi connectivity index (χ4n) is 5.48. The molecule has 4 N–H and O–H groups in total. The SMILES string of the molecule is O=C(O)[C@H](CN(Cc1ccccc1)Cc1ccc(N2CCC(NC3=NCCCN3)CC2)cc1)NS(=O)(=O)c1ccccc1. The number of aliphatic carboxylic acids is 1. The highest BCUT2D eigenvalue weighted by atomic mass is 32.2. The molecule has 1 saturated heterocycles. The molecule has 1 atom stereocenters. The number of hydrogen-bond donors (Lipinski definition) is 4. The summed E-state index contributed by atoms with van der Waals surface area (Å²) < 4.78 is 28.3. The van der Waals surface area contributed by atoms with Gasteiger partial charge in [0.1, 0.15) is 6.04 Å². The first-order valence-corrected chi connectivity index (χ1v) is 16.3. The van der Waals surface area contributed by atoms with Crippen molar-refractivity contribution in [2.75, 3.05) is 37.6 Å². The molecular weight excluding hydrogens is 564 g/mol. The zero-order chi connectivity index (χ0) is 30.1. The minimum atomic E-state index is -4.00. The van der Waals surface area contributed by atoms with Gasteiger partial charge in [-0.2, -0.15) is 4.72 Å². The Morgan fingerprint density at radius 2 is 1.58 bits per heavy atom. The first-order valence-electron chi connectivity index (χ1n) is 14.8. The highest BCUT2D eigenvalue weighted by molar-refractivity contribution is 7.89. The van der Waals surface area contributed by atoms with Crippen molar-refractivity contribution in [3.63, 3.8) is 0 Å². The third-order valence-corrected chi connectivity index (χ3v) is 9.27. The van der Waals surface area contributed by atoms with Crippen LogP contribution in [-0.4, -0.2) is 75.2 Å². The average molecular weight is 605 g/mol. The number of nitrogens with zero attached hydrogens (tertiary/aromatic N) is 3. The van der Waals surface area contributed by atoms with Crippen molar-refractivity contribution in [1.82, 2.24) is 20.3 Å². The number of piperidine rings is 1. The lowest BCUT2D eigenvalue weighted by Crippen LogP contribution is -2.50. The molecule has 2 aliphatic rings. The molecule has 10 nitrogen and oxygen atoms in total. The molecule has 1 fully saturated rings. The maximum Gasteiger partial charge on any atom is 0.323 e. The normalized spacial score (nSPS) is 16.8. The quantitative estimate of drug-likeness (QED) is 0.249. The van der Waals surface area contributed by atoms with Crippen molar-refractivity contribution in [2.24, 2.45) is 4.99 Å². The van der Waals surface area contributed by atoms with Crippen LogP contribution in [0.4, 0.5) is 5.69 Å². The number of carboxylic acids is 1. The zero-order valence-corrected chi connectivity index (χ0v) is 25.0. The number of guanidine groups is 1. The highest BCUT2D eigenvalue weighted by Gasteiger charge is 2.28. The van der Waals surface area contributed by atoms with Crippen LogP contribution in [0.1, 0.15) is 30.4 Å². The monoisotopic (exact) mass is 604 g/mol. The summed E-state index contributed by atoms with van der Waals surface area (Å²) in [5.74, 6) is -0.302. The van der Waals surface area contributed by atoms with Crippen LogP contribution in [0.2, 0.25) is 0 Å². The Hall–Kier alpha value is -3.93. The third kappa shape index (κ3) is 8.79. The predicted octanol–water partition coefficient (Wildman–Crippen LogP) is 3.03. The van der Waals surface area contributed by atoms with Crippen LogP contribution in [0.5, 0.6) is 0 Å². The van der Waals surface area contributed by atoms with E-state index in [0.717, 1.165) is 68.2 Å². The second-order valence-electron chi connectivity index (χ2n) is 11.1. The van der Waals surface area contributed by atoms with E-state index < -0.39 is 22.0 Å². The largest absolute Gasteiger partial charge is 0.480 e. The summed E-state index contributed by atoms with van der Waals surface area (Å²) in [6, 6.07) is 25.1. The first kappa shape index (κ1) is 30.5. The van der Waals surface area contributed by atoms with E-state index >= 15 is 0 Å². The number of anilines is 1. The molecular formula is C32H40N6O4S. The van der Waals surface area contributed by atoms with Gasteiger partial charge in [-0.25, -0.2) is 8.42 Å². The highest BCUT2D eigenvalue weighted by Crippen LogP contribution is 2.22. The summed E-state index contributed by atoms with van der Waals surface area (Å²) >= 11 is 0. The van der Waals surface area contributed by atoms with Crippen LogP contribution in [-0.2, 0) is 27.9 Å². The Kier molecular flexibility index (Phi) is 10.3. The molecule has 0 spiro atoms. The number of carboxylic acid groups (broad SMARTS) is 1. The molecule has 0 radical (unpaired) electrons. The van der Waals surface area contributed by atoms with Gasteiger partial charge in [0.2, 0.25) is 10.0 Å². The summed E-state index contributed by atoms with van der Waals surface area (Å²) in [5.41, 5.74) is 3.19. The summed E-state index contributed by atoms with van der Waals surface area (Å²) in [4.78, 5) is 21.1. The number of nitrogens with one attached hydrogen (secondary N) is 3. The van der Waals surface area contributed by atoms with Gasteiger partial charge in [0.25, 0.3) is 0 Å². The molecule has 5 rings (SSSR count). The second kappa shape index (κ2) is 14.5. The lowest BCUT2D eigenvalue weighted by atomic mass is 10.0. The number of aliphatic imine (C=N–C) groups is 1. The van der Waals surface area contributed by atoms with E-state index in [1.165, 1.54) is 12.1 Å². The molecule has 228 valence electrons. The van der Waals surface area contributed by atoms with Gasteiger partial charge < -0.3 is 20.6 Å². The van der Waals surface area contributed by atoms with Gasteiger partial charge in [0, 0.05) is 57.5 Å². The lowest BCUT2D eigenvalue weighted by molar-refractivity contribution is -0.139. The van der Waals surface area contributed by atoms with E-state index in [2.05, 4.69) is 49.5 Å². The molecule has 2 heterocycles. The summed E-state index contributed by atoms with van der Waals surface area (Å²) in [6.07, 6.45) is 3.14. The minimum Gasteiger partial charge on any atom is -0.480 e. The summed E-state index contributed by atoms with van der Waals surface area (Å²) in [5, 5.41) is 16.9. The zero-order valence-electron chi connectivity index (χ0n) is 24.2. The van der Waals surface area contributed by atoms with Gasteiger partial charge >= 0.3 is 5.97 Å². The van der Waals surface area contributed by atoms with Gasteiger partial charge in [-0.1, -0.05) is 60.7 Å². The number of rotatable bonds is 12. The van der Waals surface area contributed by atoms with E-state index in [1.54, 1.807) is 18.2 Å². The van der Waals surface area contributed by atoms with Crippen LogP contribution >= 0.6 is 0 Å². The van der Waals surface area contributed by atoms with Crippen LogP contribution in [0.15, 0.2) is 94.8 Å². The van der Waals surface area contributed by atoms with Crippen molar-refractivity contribution in [2.45, 2.75) is 49.3 Å². The van der Waals surface area contributed by atoms with Crippen molar-refractivity contribution >= 4 is 27.6 Å². The van der Waals surface area contributed by atoms with Crippen molar-refractivity contribution in [3.8, 4) is 0 Å². The molecule has 2 aliphatic heterocycles. The van der Waals surface area contributed by atoms with Gasteiger partial charge in [-0.05, 0) is 54.7 Å². The van der Waals surface area contributed by atoms with E-state index in [4.69, 9.17) is 0 Å². The molecule has 0 aromatic heterocycles. The summed E-state index contributed by atoms with van der Waals surface area (Å²) in [7, 11) is -4.00. The number of carbonyl (C=O) groups is 1. The number of hydrogen-bond acceptors (Lipinski definition) is 8. The Labute approximate surface area is 253 Å². The molecule has 0 aliphatic carbocycles. The molecule has 3 aromatic carbocycles. The second-order valence-corrected chi connectivity index (χ2v) is 12.8. The Bertz CT molecular complexity index is 1460. The number of benzene rings is 3. The Morgan fingerprint density at radius 3 is 2.19 bits per heavy atom. The molecule has 11 heteroatoms. The Balaban J connectivity index is 1.23. The van der Waals surface area contributed by atoms with E-state index in [1.807, 2.05) is 35.2 Å². The third-order valence-electron chi connectivity index (χ3n) is 7.78. The predicted molar refractivity (Wildman–Crippen MR) is 168 cm³/mol. The standard InChI is InChI=1S/C32H40N6O4S/c39-31(40)30(36-43(41,42)29-10-5-2-6-11-29)24-37(22-25-8-3-1-4-9-25)23-26-12-14-28(15-13-26)38-20-16-27(17-21-38)35-32-33-18-7-19-34-32/h1-6,8-15,27,30,36H,7,16-24H2,(H,39,40)(H2,33,34,35)/t30-/m0/s1. The molecule has 0 unspecified atom stereocenters. The average Bonchev–Trinajstić information content (AvgIpc) is 3.03. The molecule has 0 amide bonds. The molecule has 0 saturated carbocycles. The van der Waals surface area contributed by atoms with Crippen LogP contribution in [0.25, 0.3) is 0 Å². The number of sulfonamides is 1. The lowest BCUT2D eigenvalue weighted by Gasteiger charge is -2.35. The van der Waals surface area contributed by atoms with E-state index in [-0.39, 0.29) is 11.4 Å². The molecule has 43 heavy (non-hydrogen) atoms. The molecule has 0 bridgehead atoms. The van der Waals surface area contributed by atoms with E-state index in [9.17, 15) is 18.3 Å². The minimum absolute atomic E-state index is 0.00128. The smallest absolute Gasteiger partial charge is 0.323 e. The van der Waals surface area contributed by atoms with Gasteiger partial charge in [-0.15, -0.1) is 0 Å². The topological polar surface area (TPSA) is 126 Å². The van der Waals surface area contributed by atoms with E-state index in [0.29, 0.717) is 19.1 Å². The first-order chi connectivity index (χ1) is 20.9. The molecule has 3 aromatic rings. The summed E-state index contributed by atoms with van der Waals surface area (Å²) in [6.45, 7) is 4.69. The van der Waals surface area contributed by atoms with Crippen LogP contribution in [0, 0.1) is 0 Å². The maximum atomic E-state index is 12.9. The maximum absolute atomic E-state index is 12.9. The Morgan fingerprint density at radius 1 is 0.953 bits per heavy atom. The van der Waals surface area contributed by atoms with Crippen LogP contribution in [0.3, 0.4) is 0 Å². The van der Waals surface area contributed by atoms with Crippen molar-refractivity contribution < 1.29 is 18.3 Å². The van der Waals surface area contributed by atoms with Gasteiger partial charge in [-0.3, -0.25) is 14.7 Å². The fraction of sp³-hybridized carbons (Fsp3) is 0.375.